The van der Waals surface area contributed by atoms with Crippen molar-refractivity contribution in [2.24, 2.45) is 40.9 Å². The van der Waals surface area contributed by atoms with Crippen LogP contribution >= 0.6 is 0 Å². The second-order valence-corrected chi connectivity index (χ2v) is 21.4. The number of non-ortho nitro benzene ring substituents is 1. The lowest BCUT2D eigenvalue weighted by molar-refractivity contribution is -0.385. The summed E-state index contributed by atoms with van der Waals surface area (Å²) in [5.41, 5.74) is -0.0481. The molecule has 0 heterocycles. The van der Waals surface area contributed by atoms with Crippen LogP contribution in [0.25, 0.3) is 21.5 Å². The van der Waals surface area contributed by atoms with Crippen molar-refractivity contribution in [1.29, 1.82) is 0 Å². The maximum atomic E-state index is 13.0. The van der Waals surface area contributed by atoms with E-state index in [1.807, 2.05) is 0 Å². The Morgan fingerprint density at radius 2 is 0.904 bits per heavy atom. The number of benzene rings is 7. The monoisotopic (exact) mass is 1100 g/mol. The van der Waals surface area contributed by atoms with Crippen molar-refractivity contribution in [3.8, 4) is 17.2 Å². The lowest BCUT2D eigenvalue weighted by Crippen LogP contribution is -2.03. The molecule has 0 aliphatic heterocycles. The molecule has 0 spiro atoms. The predicted octanol–water partition coefficient (Wildman–Crippen LogP) is 8.50. The number of anilines is 1. The first-order chi connectivity index (χ1) is 33.8. The number of phenolic OH excluding ortho intramolecular Hbond substituents is 3. The van der Waals surface area contributed by atoms with E-state index in [2.05, 4.69) is 40.9 Å². The summed E-state index contributed by atoms with van der Waals surface area (Å²) in [5.74, 6) is -2.39. The topological polar surface area (TPSA) is 501 Å². The van der Waals surface area contributed by atoms with Crippen LogP contribution in [0.3, 0.4) is 0 Å². The van der Waals surface area contributed by atoms with Crippen LogP contribution in [-0.2, 0) is 50.6 Å². The lowest BCUT2D eigenvalue weighted by atomic mass is 10.1. The van der Waals surface area contributed by atoms with Gasteiger partial charge in [-0.05, 0) is 78.9 Å². The van der Waals surface area contributed by atoms with Crippen molar-refractivity contribution >= 4 is 129 Å². The van der Waals surface area contributed by atoms with Gasteiger partial charge >= 0.3 is 0 Å². The van der Waals surface area contributed by atoms with E-state index in [1.54, 1.807) is 0 Å². The number of nitrogens with two attached hydrogens (primary N) is 1. The number of nitrogens with zero attached hydrogens (tertiary/aromatic N) is 9. The first kappa shape index (κ1) is 52.4. The molecule has 7 rings (SSSR count). The van der Waals surface area contributed by atoms with Crippen molar-refractivity contribution in [1.82, 2.24) is 0 Å². The van der Waals surface area contributed by atoms with Crippen molar-refractivity contribution in [3.05, 3.63) is 107 Å². The first-order valence-corrected chi connectivity index (χ1v) is 26.2. The van der Waals surface area contributed by atoms with E-state index in [0.29, 0.717) is 24.3 Å². The van der Waals surface area contributed by atoms with Gasteiger partial charge in [0.15, 0.2) is 11.5 Å². The minimum Gasteiger partial charge on any atom is -0.508 e. The molecule has 10 N–H and O–H groups in total. The maximum absolute atomic E-state index is 13.0. The van der Waals surface area contributed by atoms with Crippen LogP contribution in [0.5, 0.6) is 17.2 Å². The molecule has 0 fully saturated rings. The Balaban J connectivity index is 1.34. The summed E-state index contributed by atoms with van der Waals surface area (Å²) in [5, 5.41) is 70.1. The molecule has 7 aromatic carbocycles. The van der Waals surface area contributed by atoms with E-state index in [0.717, 1.165) is 48.5 Å². The van der Waals surface area contributed by atoms with E-state index in [1.165, 1.54) is 24.3 Å². The third kappa shape index (κ3) is 11.1. The standard InChI is InChI=1S/C38H26N10O20S5/c39-34-28(16-29(69(54,55)56)22-8-11-26(37(51)33(22)34)44-43-25-10-4-19(48(52)53)14-31(25)71(60,61)62)46-45-27-12-7-21-23(38(27)73(66,67)68)15-32(72(63,64)65)35(36(21)50)47-41-18-3-9-24(30(13-18)70(57,58)59)42-40-17-1-5-20(49)6-2-17/h1-16,49-51H,39H2,(H,54,55,56)(H,57,58,59)(H,60,61,62)(H,63,64,65)(H,66,67,68). The van der Waals surface area contributed by atoms with Crippen LogP contribution in [0.15, 0.2) is 162 Å². The quantitative estimate of drug-likeness (QED) is 0.0162. The summed E-state index contributed by atoms with van der Waals surface area (Å²) >= 11 is 0. The van der Waals surface area contributed by atoms with Crippen LogP contribution in [0.1, 0.15) is 0 Å². The molecule has 0 bridgehead atoms. The van der Waals surface area contributed by atoms with Gasteiger partial charge in [-0.1, -0.05) is 6.07 Å². The highest BCUT2D eigenvalue weighted by Crippen LogP contribution is 2.48. The van der Waals surface area contributed by atoms with Crippen LogP contribution in [0, 0.1) is 10.1 Å². The van der Waals surface area contributed by atoms with Crippen LogP contribution < -0.4 is 5.73 Å². The fourth-order valence-electron chi connectivity index (χ4n) is 6.58. The van der Waals surface area contributed by atoms with Gasteiger partial charge in [0.05, 0.1) is 27.4 Å². The Bertz CT molecular complexity index is 4250. The van der Waals surface area contributed by atoms with Crippen molar-refractivity contribution < 1.29 is 85.1 Å². The number of hydrogen-bond donors (Lipinski definition) is 9. The summed E-state index contributed by atoms with van der Waals surface area (Å²) in [6.07, 6.45) is 0. The van der Waals surface area contributed by atoms with Gasteiger partial charge in [-0.15, -0.1) is 30.7 Å². The lowest BCUT2D eigenvalue weighted by Gasteiger charge is -2.13. The third-order valence-electron chi connectivity index (χ3n) is 9.79. The minimum absolute atomic E-state index is 0.113. The smallest absolute Gasteiger partial charge is 0.297 e. The molecule has 0 saturated heterocycles. The third-order valence-corrected chi connectivity index (χ3v) is 14.3. The Hall–Kier alpha value is -8.39. The molecular weight excluding hydrogens is 1080 g/mol. The van der Waals surface area contributed by atoms with E-state index < -0.39 is 164 Å². The van der Waals surface area contributed by atoms with Gasteiger partial charge < -0.3 is 21.1 Å². The van der Waals surface area contributed by atoms with Gasteiger partial charge in [-0.2, -0.15) is 52.3 Å². The van der Waals surface area contributed by atoms with Crippen LogP contribution in [-0.4, -0.2) is 85.1 Å². The fraction of sp³-hybridized carbons (Fsp3) is 0. The molecular formula is C38H26N10O20S5. The Kier molecular flexibility index (Phi) is 13.6. The zero-order valence-corrected chi connectivity index (χ0v) is 39.4. The van der Waals surface area contributed by atoms with Crippen molar-refractivity contribution in [2.45, 2.75) is 24.5 Å². The van der Waals surface area contributed by atoms with Gasteiger partial charge in [0, 0.05) is 28.3 Å². The number of hydrogen-bond acceptors (Lipinski definition) is 24. The van der Waals surface area contributed by atoms with Gasteiger partial charge in [0.2, 0.25) is 0 Å². The largest absolute Gasteiger partial charge is 0.508 e. The normalized spacial score (nSPS) is 13.1. The number of nitro benzene ring substituents is 1. The number of fused-ring (bicyclic) bond motifs is 2. The molecule has 0 unspecified atom stereocenters. The second kappa shape index (κ2) is 19.0. The fourth-order valence-corrected chi connectivity index (χ4v) is 10.0. The number of nitrogen functional groups attached to an aromatic ring is 1. The average Bonchev–Trinajstić information content (AvgIpc) is 3.28. The van der Waals surface area contributed by atoms with Crippen LogP contribution in [0.2, 0.25) is 0 Å². The summed E-state index contributed by atoms with van der Waals surface area (Å²) in [7, 11) is -26.7. The SMILES string of the molecule is Nc1c(N=Nc2ccc3c(O)c(N=Nc4ccc(N=Nc5ccc(O)cc5)c(S(=O)(=O)O)c4)c(S(=O)(=O)O)cc3c2S(=O)(=O)O)cc(S(=O)(=O)O)c2ccc(N=Nc3ccc([N+](=O)[O-])cc3S(=O)(=O)O)c(O)c12. The summed E-state index contributed by atoms with van der Waals surface area (Å²) in [4.78, 5) is 4.50. The number of aromatic hydroxyl groups is 3. The minimum atomic E-state index is -5.62. The number of rotatable bonds is 14. The van der Waals surface area contributed by atoms with E-state index >= 15 is 0 Å². The molecule has 30 nitrogen and oxygen atoms in total. The molecule has 0 aromatic heterocycles. The molecule has 0 atom stereocenters. The second-order valence-electron chi connectivity index (χ2n) is 14.5. The molecule has 0 amide bonds. The van der Waals surface area contributed by atoms with Crippen molar-refractivity contribution in [3.63, 3.8) is 0 Å². The number of phenols is 3. The molecule has 0 saturated carbocycles. The molecule has 0 radical (unpaired) electrons. The molecule has 73 heavy (non-hydrogen) atoms. The van der Waals surface area contributed by atoms with Gasteiger partial charge in [-0.3, -0.25) is 32.9 Å². The van der Waals surface area contributed by atoms with Gasteiger partial charge in [-0.25, -0.2) is 0 Å². The summed E-state index contributed by atoms with van der Waals surface area (Å²) in [6, 6.07) is 14.3. The summed E-state index contributed by atoms with van der Waals surface area (Å²) in [6.45, 7) is 0. The zero-order chi connectivity index (χ0) is 53.7. The molecule has 0 aliphatic rings. The highest BCUT2D eigenvalue weighted by molar-refractivity contribution is 7.87. The van der Waals surface area contributed by atoms with Crippen LogP contribution in [0.4, 0.5) is 56.9 Å². The molecule has 0 aliphatic carbocycles. The molecule has 7 aromatic rings. The molecule has 35 heteroatoms. The average molecular weight is 1100 g/mol. The highest BCUT2D eigenvalue weighted by Gasteiger charge is 2.29. The molecule has 378 valence electrons. The Labute approximate surface area is 407 Å². The first-order valence-electron chi connectivity index (χ1n) is 19.0. The highest BCUT2D eigenvalue weighted by atomic mass is 32.2. The van der Waals surface area contributed by atoms with E-state index in [9.17, 15) is 90.3 Å². The Morgan fingerprint density at radius 1 is 0.425 bits per heavy atom. The predicted molar refractivity (Wildman–Crippen MR) is 249 cm³/mol. The summed E-state index contributed by atoms with van der Waals surface area (Å²) < 4.78 is 175. The number of nitro groups is 1. The number of azo groups is 4. The zero-order valence-electron chi connectivity index (χ0n) is 35.4. The van der Waals surface area contributed by atoms with E-state index in [4.69, 9.17) is 5.73 Å². The Morgan fingerprint density at radius 3 is 1.49 bits per heavy atom. The maximum Gasteiger partial charge on any atom is 0.297 e. The van der Waals surface area contributed by atoms with Gasteiger partial charge in [0.25, 0.3) is 56.3 Å². The van der Waals surface area contributed by atoms with Gasteiger partial charge in [0.1, 0.15) is 64.4 Å². The van der Waals surface area contributed by atoms with Crippen molar-refractivity contribution in [2.75, 3.05) is 5.73 Å². The van der Waals surface area contributed by atoms with E-state index in [-0.39, 0.29) is 11.4 Å².